The molecule has 2 aliphatic rings. The molecule has 3 heterocycles. The van der Waals surface area contributed by atoms with Crippen LogP contribution in [-0.2, 0) is 19.5 Å². The second-order valence-electron chi connectivity index (χ2n) is 8.81. The number of fused-ring (bicyclic) bond motifs is 1. The van der Waals surface area contributed by atoms with Crippen LogP contribution in [0.15, 0.2) is 29.1 Å². The number of aromatic amines is 1. The van der Waals surface area contributed by atoms with Crippen LogP contribution < -0.4 is 15.4 Å². The third-order valence-electron chi connectivity index (χ3n) is 6.57. The van der Waals surface area contributed by atoms with Crippen LogP contribution in [0, 0.1) is 5.92 Å². The first-order chi connectivity index (χ1) is 14.6. The minimum absolute atomic E-state index is 0.0523. The molecule has 0 saturated carbocycles. The van der Waals surface area contributed by atoms with Crippen LogP contribution in [0.5, 0.6) is 0 Å². The molecule has 1 fully saturated rings. The van der Waals surface area contributed by atoms with Crippen LogP contribution in [0.3, 0.4) is 0 Å². The number of nitrogens with one attached hydrogen (secondary N) is 1. The molecular weight excluding hydrogens is 374 g/mol. The summed E-state index contributed by atoms with van der Waals surface area (Å²) in [6, 6.07) is 8.90. The molecule has 1 N–H and O–H groups in total. The fourth-order valence-corrected chi connectivity index (χ4v) is 4.81. The van der Waals surface area contributed by atoms with Gasteiger partial charge in [-0.2, -0.15) is 0 Å². The molecule has 1 aromatic carbocycles. The van der Waals surface area contributed by atoms with Gasteiger partial charge in [-0.25, -0.2) is 4.98 Å². The van der Waals surface area contributed by atoms with Gasteiger partial charge in [0.15, 0.2) is 0 Å². The molecule has 0 aliphatic carbocycles. The first kappa shape index (κ1) is 20.9. The summed E-state index contributed by atoms with van der Waals surface area (Å²) in [7, 11) is 0. The highest BCUT2D eigenvalue weighted by atomic mass is 16.1. The Kier molecular flexibility index (Phi) is 6.42. The van der Waals surface area contributed by atoms with Gasteiger partial charge < -0.3 is 9.80 Å². The lowest BCUT2D eigenvalue weighted by Gasteiger charge is -2.33. The van der Waals surface area contributed by atoms with E-state index in [1.54, 1.807) is 0 Å². The normalized spacial score (nSPS) is 19.6. The number of hydrogen-bond donors (Lipinski definition) is 1. The summed E-state index contributed by atoms with van der Waals surface area (Å²) in [5.74, 6) is 1.41. The number of nitrogens with zero attached hydrogens (tertiary/aromatic N) is 4. The number of hydrogen-bond acceptors (Lipinski definition) is 5. The van der Waals surface area contributed by atoms with Gasteiger partial charge in [-0.05, 0) is 56.7 Å². The Bertz CT molecular complexity index is 903. The first-order valence-corrected chi connectivity index (χ1v) is 11.5. The average Bonchev–Trinajstić information content (AvgIpc) is 2.75. The Labute approximate surface area is 179 Å². The second kappa shape index (κ2) is 9.21. The summed E-state index contributed by atoms with van der Waals surface area (Å²) < 4.78 is 0. The highest BCUT2D eigenvalue weighted by Crippen LogP contribution is 2.23. The van der Waals surface area contributed by atoms with Crippen molar-refractivity contribution in [2.24, 2.45) is 5.92 Å². The van der Waals surface area contributed by atoms with E-state index in [0.717, 1.165) is 75.9 Å². The largest absolute Gasteiger partial charge is 0.372 e. The maximum Gasteiger partial charge on any atom is 0.255 e. The zero-order chi connectivity index (χ0) is 21.1. The quantitative estimate of drug-likeness (QED) is 0.792. The zero-order valence-electron chi connectivity index (χ0n) is 18.7. The van der Waals surface area contributed by atoms with Crippen molar-refractivity contribution in [3.8, 4) is 0 Å². The van der Waals surface area contributed by atoms with Crippen molar-refractivity contribution in [1.82, 2.24) is 14.9 Å². The average molecular weight is 410 g/mol. The van der Waals surface area contributed by atoms with Gasteiger partial charge in [0.05, 0.1) is 5.69 Å². The molecule has 0 spiro atoms. The number of H-pyrrole nitrogens is 1. The topological polar surface area (TPSA) is 55.5 Å². The number of benzene rings is 1. The molecule has 0 amide bonds. The molecule has 1 atom stereocenters. The third kappa shape index (κ3) is 4.53. The minimum Gasteiger partial charge on any atom is -0.372 e. The molecule has 6 nitrogen and oxygen atoms in total. The molecule has 4 rings (SSSR count). The van der Waals surface area contributed by atoms with Crippen LogP contribution in [0.4, 0.5) is 11.6 Å². The fraction of sp³-hybridized carbons (Fsp3) is 0.583. The molecule has 0 radical (unpaired) electrons. The van der Waals surface area contributed by atoms with Gasteiger partial charge in [-0.1, -0.05) is 19.1 Å². The zero-order valence-corrected chi connectivity index (χ0v) is 18.7. The van der Waals surface area contributed by atoms with Crippen LogP contribution in [-0.4, -0.2) is 47.6 Å². The van der Waals surface area contributed by atoms with Crippen molar-refractivity contribution in [2.45, 2.75) is 53.1 Å². The van der Waals surface area contributed by atoms with E-state index in [-0.39, 0.29) is 5.56 Å². The van der Waals surface area contributed by atoms with Gasteiger partial charge in [-0.15, -0.1) is 0 Å². The summed E-state index contributed by atoms with van der Waals surface area (Å²) in [5, 5.41) is 0. The summed E-state index contributed by atoms with van der Waals surface area (Å²) in [5.41, 5.74) is 4.47. The lowest BCUT2D eigenvalue weighted by atomic mass is 10.0. The van der Waals surface area contributed by atoms with Crippen molar-refractivity contribution >= 4 is 11.6 Å². The number of piperidine rings is 1. The maximum atomic E-state index is 12.7. The van der Waals surface area contributed by atoms with Crippen molar-refractivity contribution in [1.29, 1.82) is 0 Å². The number of anilines is 2. The van der Waals surface area contributed by atoms with Gasteiger partial charge in [0.25, 0.3) is 5.56 Å². The van der Waals surface area contributed by atoms with E-state index in [2.05, 4.69) is 64.7 Å². The Balaban J connectivity index is 1.47. The van der Waals surface area contributed by atoms with Gasteiger partial charge in [0.2, 0.25) is 5.95 Å². The van der Waals surface area contributed by atoms with E-state index >= 15 is 0 Å². The predicted octanol–water partition coefficient (Wildman–Crippen LogP) is 3.41. The van der Waals surface area contributed by atoms with Crippen molar-refractivity contribution < 1.29 is 0 Å². The molecule has 162 valence electrons. The standard InChI is InChI=1S/C24H35N5O/c1-4-28(5-2)20-10-8-19(9-11-20)16-27-14-12-21-22(17-27)25-24(26-23(21)30)29-13-6-7-18(3)15-29/h8-11,18H,4-7,12-17H2,1-3H3,(H,25,26,30)/t18-/m1/s1. The maximum absolute atomic E-state index is 12.7. The van der Waals surface area contributed by atoms with Crippen LogP contribution in [0.2, 0.25) is 0 Å². The summed E-state index contributed by atoms with van der Waals surface area (Å²) in [6.45, 7) is 13.2. The van der Waals surface area contributed by atoms with E-state index in [4.69, 9.17) is 4.98 Å². The lowest BCUT2D eigenvalue weighted by molar-refractivity contribution is 0.240. The van der Waals surface area contributed by atoms with Crippen LogP contribution in [0.1, 0.15) is 50.4 Å². The van der Waals surface area contributed by atoms with E-state index < -0.39 is 0 Å². The Morgan fingerprint density at radius 1 is 1.17 bits per heavy atom. The lowest BCUT2D eigenvalue weighted by Crippen LogP contribution is -2.39. The van der Waals surface area contributed by atoms with Crippen molar-refractivity contribution in [3.63, 3.8) is 0 Å². The van der Waals surface area contributed by atoms with Crippen LogP contribution in [0.25, 0.3) is 0 Å². The Morgan fingerprint density at radius 2 is 1.93 bits per heavy atom. The highest BCUT2D eigenvalue weighted by Gasteiger charge is 2.24. The van der Waals surface area contributed by atoms with E-state index in [1.807, 2.05) is 0 Å². The van der Waals surface area contributed by atoms with E-state index in [0.29, 0.717) is 5.92 Å². The van der Waals surface area contributed by atoms with Crippen molar-refractivity contribution in [2.75, 3.05) is 42.5 Å². The van der Waals surface area contributed by atoms with Gasteiger partial charge in [0, 0.05) is 57.1 Å². The molecule has 0 unspecified atom stereocenters. The summed E-state index contributed by atoms with van der Waals surface area (Å²) >= 11 is 0. The van der Waals surface area contributed by atoms with Crippen LogP contribution >= 0.6 is 0 Å². The van der Waals surface area contributed by atoms with Gasteiger partial charge in [0.1, 0.15) is 0 Å². The molecule has 2 aromatic rings. The van der Waals surface area contributed by atoms with Gasteiger partial charge >= 0.3 is 0 Å². The number of rotatable bonds is 6. The molecule has 1 aromatic heterocycles. The van der Waals surface area contributed by atoms with Gasteiger partial charge in [-0.3, -0.25) is 14.7 Å². The second-order valence-corrected chi connectivity index (χ2v) is 8.81. The SMILES string of the molecule is CCN(CC)c1ccc(CN2CCc3c(nc(N4CCC[C@@H](C)C4)[nH]c3=O)C2)cc1. The van der Waals surface area contributed by atoms with E-state index in [9.17, 15) is 4.79 Å². The summed E-state index contributed by atoms with van der Waals surface area (Å²) in [6.07, 6.45) is 3.19. The van der Waals surface area contributed by atoms with E-state index in [1.165, 1.54) is 17.7 Å². The molecule has 30 heavy (non-hydrogen) atoms. The number of aromatic nitrogens is 2. The summed E-state index contributed by atoms with van der Waals surface area (Å²) in [4.78, 5) is 27.7. The fourth-order valence-electron chi connectivity index (χ4n) is 4.81. The van der Waals surface area contributed by atoms with Crippen molar-refractivity contribution in [3.05, 3.63) is 51.4 Å². The minimum atomic E-state index is 0.0523. The third-order valence-corrected chi connectivity index (χ3v) is 6.57. The highest BCUT2D eigenvalue weighted by molar-refractivity contribution is 5.47. The smallest absolute Gasteiger partial charge is 0.255 e. The molecule has 2 aliphatic heterocycles. The molecular formula is C24H35N5O. The molecule has 6 heteroatoms. The monoisotopic (exact) mass is 409 g/mol. The Morgan fingerprint density at radius 3 is 2.63 bits per heavy atom. The Hall–Kier alpha value is -2.34. The predicted molar refractivity (Wildman–Crippen MR) is 123 cm³/mol. The molecule has 0 bridgehead atoms. The first-order valence-electron chi connectivity index (χ1n) is 11.5. The molecule has 1 saturated heterocycles.